The predicted molar refractivity (Wildman–Crippen MR) is 145 cm³/mol. The van der Waals surface area contributed by atoms with E-state index in [9.17, 15) is 5.11 Å². The molecule has 0 saturated carbocycles. The molecule has 6 heteroatoms. The van der Waals surface area contributed by atoms with Gasteiger partial charge in [0.05, 0.1) is 34.0 Å². The second-order valence-corrected chi connectivity index (χ2v) is 10.0. The van der Waals surface area contributed by atoms with Crippen LogP contribution in [0.1, 0.15) is 48.2 Å². The molecule has 6 nitrogen and oxygen atoms in total. The topological polar surface area (TPSA) is 77.0 Å². The lowest BCUT2D eigenvalue weighted by Crippen LogP contribution is -2.18. The molecule has 4 aromatic heterocycles. The van der Waals surface area contributed by atoms with Gasteiger partial charge in [-0.05, 0) is 51.0 Å². The van der Waals surface area contributed by atoms with E-state index in [2.05, 4.69) is 69.3 Å². The fraction of sp³-hybridized carbons (Fsp3) is 0.194. The second-order valence-electron chi connectivity index (χ2n) is 10.0. The monoisotopic (exact) mass is 488 g/mol. The highest BCUT2D eigenvalue weighted by Gasteiger charge is 2.26. The van der Waals surface area contributed by atoms with Gasteiger partial charge in [-0.25, -0.2) is 0 Å². The van der Waals surface area contributed by atoms with Crippen molar-refractivity contribution in [2.75, 3.05) is 0 Å². The van der Waals surface area contributed by atoms with Crippen LogP contribution < -0.4 is 0 Å². The zero-order valence-corrected chi connectivity index (χ0v) is 21.3. The quantitative estimate of drug-likeness (QED) is 0.291. The number of rotatable bonds is 5. The average Bonchev–Trinajstić information content (AvgIpc) is 3.40. The molecule has 6 aromatic rings. The van der Waals surface area contributed by atoms with Crippen molar-refractivity contribution in [2.45, 2.75) is 39.3 Å². The fourth-order valence-corrected chi connectivity index (χ4v) is 5.21. The van der Waals surface area contributed by atoms with Crippen LogP contribution in [0, 0.1) is 13.8 Å². The molecule has 0 radical (unpaired) electrons. The Hall–Kier alpha value is -4.29. The molecule has 0 aliphatic rings. The van der Waals surface area contributed by atoms with Gasteiger partial charge >= 0.3 is 0 Å². The van der Waals surface area contributed by atoms with Crippen LogP contribution in [0.5, 0.6) is 0 Å². The van der Waals surface area contributed by atoms with E-state index in [1.165, 1.54) is 0 Å². The first-order valence-corrected chi connectivity index (χ1v) is 12.4. The van der Waals surface area contributed by atoms with E-state index >= 15 is 0 Å². The van der Waals surface area contributed by atoms with Crippen LogP contribution in [-0.4, -0.2) is 24.8 Å². The first-order valence-electron chi connectivity index (χ1n) is 12.4. The normalized spacial score (nSPS) is 12.2. The number of aliphatic hydroxyl groups is 1. The van der Waals surface area contributed by atoms with Crippen molar-refractivity contribution in [1.82, 2.24) is 19.7 Å². The van der Waals surface area contributed by atoms with Crippen molar-refractivity contribution in [3.63, 3.8) is 0 Å². The summed E-state index contributed by atoms with van der Waals surface area (Å²) >= 11 is 0. The summed E-state index contributed by atoms with van der Waals surface area (Å²) in [6, 6.07) is 25.0. The lowest BCUT2D eigenvalue weighted by atomic mass is 9.97. The van der Waals surface area contributed by atoms with E-state index in [-0.39, 0.29) is 6.04 Å². The lowest BCUT2D eigenvalue weighted by molar-refractivity contribution is 0.0740. The molecule has 1 N–H and O–H groups in total. The highest BCUT2D eigenvalue weighted by molar-refractivity contribution is 6.06. The SMILES string of the molecule is Cc1noc(C)c1-c1cnc2c3cnc(C(C)(C)O)cc3n(C(c3ccccc3)c3ccccc3)c2c1. The summed E-state index contributed by atoms with van der Waals surface area (Å²) in [5.74, 6) is 0.759. The molecule has 2 aromatic carbocycles. The maximum atomic E-state index is 10.8. The van der Waals surface area contributed by atoms with Gasteiger partial charge in [0.25, 0.3) is 0 Å². The molecule has 4 heterocycles. The van der Waals surface area contributed by atoms with E-state index in [1.54, 1.807) is 13.8 Å². The third kappa shape index (κ3) is 3.90. The first-order chi connectivity index (χ1) is 17.8. The van der Waals surface area contributed by atoms with Crippen LogP contribution in [0.2, 0.25) is 0 Å². The van der Waals surface area contributed by atoms with Crippen LogP contribution in [-0.2, 0) is 5.60 Å². The van der Waals surface area contributed by atoms with Crippen molar-refractivity contribution < 1.29 is 9.63 Å². The zero-order valence-electron chi connectivity index (χ0n) is 21.3. The number of hydrogen-bond acceptors (Lipinski definition) is 5. The Morgan fingerprint density at radius 1 is 0.838 bits per heavy atom. The summed E-state index contributed by atoms with van der Waals surface area (Å²) in [6.07, 6.45) is 3.71. The van der Waals surface area contributed by atoms with Gasteiger partial charge in [0.1, 0.15) is 11.4 Å². The second kappa shape index (κ2) is 8.68. The molecule has 0 fully saturated rings. The Kier molecular flexibility index (Phi) is 5.42. The van der Waals surface area contributed by atoms with Crippen LogP contribution in [0.4, 0.5) is 0 Å². The molecular weight excluding hydrogens is 460 g/mol. The van der Waals surface area contributed by atoms with Gasteiger partial charge in [0.15, 0.2) is 0 Å². The van der Waals surface area contributed by atoms with Gasteiger partial charge in [-0.3, -0.25) is 9.97 Å². The Balaban J connectivity index is 1.74. The minimum absolute atomic E-state index is 0.124. The molecular formula is C31H28N4O2. The molecule has 6 rings (SSSR count). The molecule has 0 aliphatic carbocycles. The van der Waals surface area contributed by atoms with Crippen molar-refractivity contribution >= 4 is 21.9 Å². The third-order valence-corrected chi connectivity index (χ3v) is 6.96. The van der Waals surface area contributed by atoms with Crippen molar-refractivity contribution in [3.05, 3.63) is 113 Å². The van der Waals surface area contributed by atoms with Crippen LogP contribution in [0.15, 0.2) is 89.7 Å². The van der Waals surface area contributed by atoms with Gasteiger partial charge < -0.3 is 14.2 Å². The van der Waals surface area contributed by atoms with E-state index < -0.39 is 5.60 Å². The number of benzene rings is 2. The zero-order chi connectivity index (χ0) is 25.7. The predicted octanol–water partition coefficient (Wildman–Crippen LogP) is 6.72. The van der Waals surface area contributed by atoms with Crippen molar-refractivity contribution in [1.29, 1.82) is 0 Å². The van der Waals surface area contributed by atoms with E-state index in [4.69, 9.17) is 9.51 Å². The molecule has 0 bridgehead atoms. The largest absolute Gasteiger partial charge is 0.384 e. The average molecular weight is 489 g/mol. The molecule has 0 saturated heterocycles. The van der Waals surface area contributed by atoms with Gasteiger partial charge in [0.2, 0.25) is 0 Å². The smallest absolute Gasteiger partial charge is 0.141 e. The Labute approximate surface area is 215 Å². The molecule has 0 spiro atoms. The summed E-state index contributed by atoms with van der Waals surface area (Å²) in [6.45, 7) is 7.38. The fourth-order valence-electron chi connectivity index (χ4n) is 5.21. The maximum Gasteiger partial charge on any atom is 0.141 e. The van der Waals surface area contributed by atoms with Crippen LogP contribution in [0.3, 0.4) is 0 Å². The number of pyridine rings is 2. The number of nitrogens with zero attached hydrogens (tertiary/aromatic N) is 4. The summed E-state index contributed by atoms with van der Waals surface area (Å²) in [4.78, 5) is 9.56. The van der Waals surface area contributed by atoms with Gasteiger partial charge in [-0.2, -0.15) is 0 Å². The van der Waals surface area contributed by atoms with Crippen molar-refractivity contribution in [3.8, 4) is 11.1 Å². The first kappa shape index (κ1) is 23.1. The molecule has 0 aliphatic heterocycles. The Morgan fingerprint density at radius 3 is 2.05 bits per heavy atom. The molecule has 0 atom stereocenters. The van der Waals surface area contributed by atoms with Crippen molar-refractivity contribution in [2.24, 2.45) is 0 Å². The number of aromatic nitrogens is 4. The Morgan fingerprint density at radius 2 is 1.49 bits per heavy atom. The van der Waals surface area contributed by atoms with E-state index in [0.29, 0.717) is 5.69 Å². The molecule has 0 unspecified atom stereocenters. The summed E-state index contributed by atoms with van der Waals surface area (Å²) in [5, 5.41) is 15.9. The summed E-state index contributed by atoms with van der Waals surface area (Å²) < 4.78 is 7.79. The van der Waals surface area contributed by atoms with Crippen LogP contribution in [0.25, 0.3) is 33.1 Å². The minimum Gasteiger partial charge on any atom is -0.384 e. The van der Waals surface area contributed by atoms with Gasteiger partial charge in [-0.15, -0.1) is 0 Å². The highest BCUT2D eigenvalue weighted by atomic mass is 16.5. The van der Waals surface area contributed by atoms with Gasteiger partial charge in [-0.1, -0.05) is 65.8 Å². The number of fused-ring (bicyclic) bond motifs is 3. The summed E-state index contributed by atoms with van der Waals surface area (Å²) in [7, 11) is 0. The molecule has 184 valence electrons. The number of hydrogen-bond donors (Lipinski definition) is 1. The van der Waals surface area contributed by atoms with Gasteiger partial charge in [0, 0.05) is 28.9 Å². The standard InChI is InChI=1S/C31H28N4O2/c1-19-28(20(2)37-34-19)23-15-26-29(33-17-23)24-18-32-27(31(3,4)36)16-25(24)35(26)30(21-11-7-5-8-12-21)22-13-9-6-10-14-22/h5-18,30,36H,1-4H3. The van der Waals surface area contributed by atoms with E-state index in [1.807, 2.05) is 44.4 Å². The maximum absolute atomic E-state index is 10.8. The molecule has 0 amide bonds. The number of aryl methyl sites for hydroxylation is 2. The van der Waals surface area contributed by atoms with E-state index in [0.717, 1.165) is 55.6 Å². The lowest BCUT2D eigenvalue weighted by Gasteiger charge is -2.23. The summed E-state index contributed by atoms with van der Waals surface area (Å²) in [5.41, 5.74) is 7.35. The third-order valence-electron chi connectivity index (χ3n) is 6.96. The molecule has 37 heavy (non-hydrogen) atoms. The Bertz CT molecular complexity index is 1670. The minimum atomic E-state index is -1.08. The van der Waals surface area contributed by atoms with Crippen LogP contribution >= 0.6 is 0 Å². The highest BCUT2D eigenvalue weighted by Crippen LogP contribution is 2.39.